The van der Waals surface area contributed by atoms with E-state index in [1.807, 2.05) is 24.3 Å². The number of benzene rings is 1. The Morgan fingerprint density at radius 3 is 2.66 bits per heavy atom. The average molecular weight is 458 g/mol. The van der Waals surface area contributed by atoms with Crippen molar-refractivity contribution in [1.82, 2.24) is 25.2 Å². The number of pyridine rings is 1. The molecule has 1 aromatic carbocycles. The number of methoxy groups -OCH3 is 1. The highest BCUT2D eigenvalue weighted by Gasteiger charge is 2.21. The van der Waals surface area contributed by atoms with Crippen LogP contribution in [0.15, 0.2) is 36.5 Å². The number of amides is 1. The van der Waals surface area contributed by atoms with E-state index in [0.29, 0.717) is 55.3 Å². The van der Waals surface area contributed by atoms with Crippen LogP contribution >= 0.6 is 0 Å². The number of H-pyrrole nitrogens is 1. The number of carbonyl (C=O) groups is 1. The van der Waals surface area contributed by atoms with E-state index in [0.717, 1.165) is 17.5 Å². The number of aromatic nitrogens is 3. The molecule has 0 unspecified atom stereocenters. The second-order valence-corrected chi connectivity index (χ2v) is 10.2. The Bertz CT molecular complexity index is 1180. The summed E-state index contributed by atoms with van der Waals surface area (Å²) >= 11 is 0. The van der Waals surface area contributed by atoms with Crippen LogP contribution in [0, 0.1) is 0 Å². The van der Waals surface area contributed by atoms with Gasteiger partial charge in [0.25, 0.3) is 5.91 Å². The molecule has 1 fully saturated rings. The second-order valence-electron chi connectivity index (χ2n) is 7.87. The molecular weight excluding hydrogens is 430 g/mol. The lowest BCUT2D eigenvalue weighted by Gasteiger charge is -2.26. The molecule has 2 N–H and O–H groups in total. The van der Waals surface area contributed by atoms with E-state index in [2.05, 4.69) is 25.2 Å². The lowest BCUT2D eigenvalue weighted by atomic mass is 10.1. The molecular formula is C22H27N5O4S. The van der Waals surface area contributed by atoms with Gasteiger partial charge in [0.2, 0.25) is 0 Å². The summed E-state index contributed by atoms with van der Waals surface area (Å²) in [5.74, 6) is 0.906. The van der Waals surface area contributed by atoms with Gasteiger partial charge in [-0.05, 0) is 18.1 Å². The summed E-state index contributed by atoms with van der Waals surface area (Å²) in [6.45, 7) is 2.96. The van der Waals surface area contributed by atoms with E-state index >= 15 is 0 Å². The Hall–Kier alpha value is -2.82. The molecule has 3 heterocycles. The summed E-state index contributed by atoms with van der Waals surface area (Å²) in [5.41, 5.74) is 3.59. The molecule has 4 rings (SSSR count). The number of carbonyl (C=O) groups excluding carboxylic acids is 1. The molecule has 0 atom stereocenters. The molecule has 1 aliphatic heterocycles. The summed E-state index contributed by atoms with van der Waals surface area (Å²) in [6.07, 6.45) is 2.32. The van der Waals surface area contributed by atoms with Crippen molar-refractivity contribution in [2.24, 2.45) is 0 Å². The van der Waals surface area contributed by atoms with Crippen molar-refractivity contribution in [3.8, 4) is 11.4 Å². The maximum Gasteiger partial charge on any atom is 0.253 e. The third kappa shape index (κ3) is 5.32. The summed E-state index contributed by atoms with van der Waals surface area (Å²) in [6, 6.07) is 9.65. The number of hydrogen-bond donors (Lipinski definition) is 2. The maximum absolute atomic E-state index is 12.6. The molecule has 0 aliphatic carbocycles. The molecule has 9 nitrogen and oxygen atoms in total. The fourth-order valence-corrected chi connectivity index (χ4v) is 4.96. The van der Waals surface area contributed by atoms with Crippen LogP contribution in [-0.4, -0.2) is 79.0 Å². The number of nitrogens with one attached hydrogen (secondary N) is 2. The zero-order chi connectivity index (χ0) is 22.6. The first-order valence-corrected chi connectivity index (χ1v) is 12.4. The Morgan fingerprint density at radius 1 is 1.19 bits per heavy atom. The van der Waals surface area contributed by atoms with Crippen LogP contribution in [-0.2, 0) is 21.1 Å². The quantitative estimate of drug-likeness (QED) is 0.494. The minimum atomic E-state index is -2.88. The molecule has 0 spiro atoms. The van der Waals surface area contributed by atoms with Crippen LogP contribution in [0.2, 0.25) is 0 Å². The monoisotopic (exact) mass is 457 g/mol. The Morgan fingerprint density at radius 2 is 1.94 bits per heavy atom. The largest absolute Gasteiger partial charge is 0.385 e. The predicted molar refractivity (Wildman–Crippen MR) is 122 cm³/mol. The summed E-state index contributed by atoms with van der Waals surface area (Å²) in [4.78, 5) is 26.8. The van der Waals surface area contributed by atoms with Crippen LogP contribution in [0.5, 0.6) is 0 Å². The maximum atomic E-state index is 12.6. The van der Waals surface area contributed by atoms with Gasteiger partial charge in [-0.15, -0.1) is 0 Å². The molecule has 0 bridgehead atoms. The lowest BCUT2D eigenvalue weighted by Crippen LogP contribution is -2.39. The number of ether oxygens (including phenoxy) is 1. The average Bonchev–Trinajstić information content (AvgIpc) is 3.23. The van der Waals surface area contributed by atoms with Crippen molar-refractivity contribution in [1.29, 1.82) is 0 Å². The highest BCUT2D eigenvalue weighted by Crippen LogP contribution is 2.22. The molecule has 2 aromatic heterocycles. The molecule has 170 valence electrons. The number of fused-ring (bicyclic) bond motifs is 1. The number of sulfone groups is 1. The summed E-state index contributed by atoms with van der Waals surface area (Å²) in [7, 11) is -1.24. The van der Waals surface area contributed by atoms with Crippen LogP contribution in [0.1, 0.15) is 22.3 Å². The molecule has 1 aliphatic rings. The lowest BCUT2D eigenvalue weighted by molar-refractivity contribution is 0.0950. The number of imidazole rings is 1. The number of aromatic amines is 1. The van der Waals surface area contributed by atoms with Gasteiger partial charge in [0.15, 0.2) is 15.5 Å². The molecule has 10 heteroatoms. The number of rotatable bonds is 8. The highest BCUT2D eigenvalue weighted by molar-refractivity contribution is 7.91. The third-order valence-corrected chi connectivity index (χ3v) is 7.13. The molecule has 3 aromatic rings. The Kier molecular flexibility index (Phi) is 6.83. The molecule has 1 saturated heterocycles. The van der Waals surface area contributed by atoms with Crippen LogP contribution in [0.25, 0.3) is 22.6 Å². The smallest absolute Gasteiger partial charge is 0.253 e. The van der Waals surface area contributed by atoms with Crippen LogP contribution in [0.4, 0.5) is 0 Å². The molecule has 0 saturated carbocycles. The van der Waals surface area contributed by atoms with E-state index in [1.165, 1.54) is 0 Å². The van der Waals surface area contributed by atoms with E-state index in [1.54, 1.807) is 19.4 Å². The second kappa shape index (κ2) is 9.76. The number of hydrogen-bond acceptors (Lipinski definition) is 7. The normalized spacial score (nSPS) is 16.3. The van der Waals surface area contributed by atoms with Gasteiger partial charge in [0.05, 0.1) is 22.6 Å². The van der Waals surface area contributed by atoms with Crippen LogP contribution in [0.3, 0.4) is 0 Å². The number of nitrogens with zero attached hydrogens (tertiary/aromatic N) is 3. The van der Waals surface area contributed by atoms with Crippen molar-refractivity contribution < 1.29 is 17.9 Å². The van der Waals surface area contributed by atoms with Gasteiger partial charge in [0.1, 0.15) is 5.82 Å². The van der Waals surface area contributed by atoms with Crippen molar-refractivity contribution >= 4 is 26.9 Å². The Labute approximate surface area is 187 Å². The molecule has 1 amide bonds. The first kappa shape index (κ1) is 22.4. The molecule has 32 heavy (non-hydrogen) atoms. The fourth-order valence-electron chi connectivity index (χ4n) is 3.69. The SMILES string of the molecule is COCCCNC(=O)c1ccnc2nc(-c3ccc(CN4CCS(=O)(=O)CC4)cc3)[nH]c12. The third-order valence-electron chi connectivity index (χ3n) is 5.52. The molecule has 0 radical (unpaired) electrons. The summed E-state index contributed by atoms with van der Waals surface area (Å²) < 4.78 is 28.2. The van der Waals surface area contributed by atoms with Crippen molar-refractivity contribution in [2.75, 3.05) is 44.9 Å². The van der Waals surface area contributed by atoms with Gasteiger partial charge in [-0.1, -0.05) is 24.3 Å². The van der Waals surface area contributed by atoms with Gasteiger partial charge < -0.3 is 15.0 Å². The zero-order valence-corrected chi connectivity index (χ0v) is 18.8. The van der Waals surface area contributed by atoms with Crippen molar-refractivity contribution in [2.45, 2.75) is 13.0 Å². The van der Waals surface area contributed by atoms with Gasteiger partial charge in [-0.25, -0.2) is 18.4 Å². The topological polar surface area (TPSA) is 117 Å². The van der Waals surface area contributed by atoms with Gasteiger partial charge in [-0.3, -0.25) is 9.69 Å². The van der Waals surface area contributed by atoms with Crippen LogP contribution < -0.4 is 5.32 Å². The first-order valence-electron chi connectivity index (χ1n) is 10.6. The first-order chi connectivity index (χ1) is 15.4. The highest BCUT2D eigenvalue weighted by atomic mass is 32.2. The van der Waals surface area contributed by atoms with Gasteiger partial charge >= 0.3 is 0 Å². The van der Waals surface area contributed by atoms with Gasteiger partial charge in [0, 0.05) is 51.7 Å². The zero-order valence-electron chi connectivity index (χ0n) is 18.0. The van der Waals surface area contributed by atoms with E-state index < -0.39 is 9.84 Å². The predicted octanol–water partition coefficient (Wildman–Crippen LogP) is 1.62. The minimum absolute atomic E-state index is 0.178. The minimum Gasteiger partial charge on any atom is -0.385 e. The van der Waals surface area contributed by atoms with Crippen molar-refractivity contribution in [3.63, 3.8) is 0 Å². The fraction of sp³-hybridized carbons (Fsp3) is 0.409. The van der Waals surface area contributed by atoms with E-state index in [4.69, 9.17) is 4.74 Å². The van der Waals surface area contributed by atoms with E-state index in [9.17, 15) is 13.2 Å². The summed E-state index contributed by atoms with van der Waals surface area (Å²) in [5, 5.41) is 2.89. The van der Waals surface area contributed by atoms with E-state index in [-0.39, 0.29) is 17.4 Å². The van der Waals surface area contributed by atoms with Gasteiger partial charge in [-0.2, -0.15) is 0 Å². The standard InChI is InChI=1S/C22H27N5O4S/c1-31-12-2-8-24-22(28)18-7-9-23-21-19(18)25-20(26-21)17-5-3-16(4-6-17)15-27-10-13-32(29,30)14-11-27/h3-7,9H,2,8,10-15H2,1H3,(H,24,28)(H,23,25,26). The van der Waals surface area contributed by atoms with Crippen molar-refractivity contribution in [3.05, 3.63) is 47.7 Å². The Balaban J connectivity index is 1.46.